The summed E-state index contributed by atoms with van der Waals surface area (Å²) in [7, 11) is -3.10. The van der Waals surface area contributed by atoms with Gasteiger partial charge in [0.25, 0.3) is 0 Å². The second-order valence-electron chi connectivity index (χ2n) is 16.4. The van der Waals surface area contributed by atoms with Crippen molar-refractivity contribution in [3.63, 3.8) is 0 Å². The van der Waals surface area contributed by atoms with Gasteiger partial charge in [-0.2, -0.15) is 0 Å². The van der Waals surface area contributed by atoms with Gasteiger partial charge < -0.3 is 42.4 Å². The normalized spacial score (nSPS) is 24.9. The van der Waals surface area contributed by atoms with Gasteiger partial charge in [-0.15, -0.1) is 0 Å². The second kappa shape index (κ2) is 22.3. The van der Waals surface area contributed by atoms with Crippen LogP contribution in [0.5, 0.6) is 0 Å². The summed E-state index contributed by atoms with van der Waals surface area (Å²) < 4.78 is 68.9. The van der Waals surface area contributed by atoms with Gasteiger partial charge in [0.15, 0.2) is 25.9 Å². The molecule has 67 heavy (non-hydrogen) atoms. The van der Waals surface area contributed by atoms with E-state index in [0.717, 1.165) is 0 Å². The Labute approximate surface area is 388 Å². The quantitative estimate of drug-likeness (QED) is 0.0525. The lowest BCUT2D eigenvalue weighted by Crippen LogP contribution is -2.62. The van der Waals surface area contributed by atoms with Crippen LogP contribution in [0.2, 0.25) is 0 Å². The van der Waals surface area contributed by atoms with Crippen LogP contribution in [0.25, 0.3) is 0 Å². The molecule has 5 aromatic rings. The average molecular weight is 935 g/mol. The molecule has 0 N–H and O–H groups in total. The van der Waals surface area contributed by atoms with Gasteiger partial charge in [-0.25, -0.2) is 24.0 Å². The van der Waals surface area contributed by atoms with Gasteiger partial charge in [-0.3, -0.25) is 4.57 Å². The molecule has 16 heteroatoms. The average Bonchev–Trinajstić information content (AvgIpc) is 3.35. The van der Waals surface area contributed by atoms with Crippen molar-refractivity contribution < 1.29 is 71.0 Å². The molecule has 0 saturated carbocycles. The molecule has 2 aliphatic rings. The molecule has 5 aromatic carbocycles. The van der Waals surface area contributed by atoms with Crippen LogP contribution in [-0.2, 0) is 47.0 Å². The first-order valence-electron chi connectivity index (χ1n) is 21.7. The number of hydrogen-bond donors (Lipinski definition) is 0. The first kappa shape index (κ1) is 48.5. The zero-order valence-electron chi connectivity index (χ0n) is 37.2. The fourth-order valence-corrected chi connectivity index (χ4v) is 8.05. The summed E-state index contributed by atoms with van der Waals surface area (Å²) in [4.78, 5) is 68.9. The monoisotopic (exact) mass is 934 g/mol. The molecule has 2 heterocycles. The largest absolute Gasteiger partial charge is 0.459 e. The van der Waals surface area contributed by atoms with Gasteiger partial charge in [0.2, 0.25) is 6.29 Å². The van der Waals surface area contributed by atoms with Crippen LogP contribution < -0.4 is 0 Å². The van der Waals surface area contributed by atoms with Crippen molar-refractivity contribution in [2.75, 3.05) is 26.5 Å². The molecule has 0 aromatic heterocycles. The zero-order chi connectivity index (χ0) is 47.5. The molecule has 7 rings (SSSR count). The topological polar surface area (TPSA) is 185 Å². The SMILES string of the molecule is CC1C(OC(=O)c2ccccc2)[C@H](OC(=O)c2ccccc2)C(COC(=O)c2ccccc2)O[C@@H]1O[C@H]1OC(COP(C)(C)=O)[C@@H](C)[C@H](OC(=O)c2ccccc2)C1OC(=O)c1ccccc1. The van der Waals surface area contributed by atoms with E-state index in [9.17, 15) is 28.5 Å². The molecular formula is C51H51O15P. The molecular weight excluding hydrogens is 884 g/mol. The molecule has 0 spiro atoms. The van der Waals surface area contributed by atoms with Crippen molar-refractivity contribution in [1.82, 2.24) is 0 Å². The van der Waals surface area contributed by atoms with Gasteiger partial charge in [0.05, 0.1) is 40.5 Å². The molecule has 0 bridgehead atoms. The van der Waals surface area contributed by atoms with Crippen LogP contribution >= 0.6 is 7.37 Å². The Hall–Kier alpha value is -6.48. The van der Waals surface area contributed by atoms with Crippen LogP contribution in [0.4, 0.5) is 0 Å². The minimum Gasteiger partial charge on any atom is -0.459 e. The summed E-state index contributed by atoms with van der Waals surface area (Å²) in [6.45, 7) is 5.42. The lowest BCUT2D eigenvalue weighted by molar-refractivity contribution is -0.362. The number of hydrogen-bond acceptors (Lipinski definition) is 15. The van der Waals surface area contributed by atoms with E-state index in [-0.39, 0.29) is 34.4 Å². The maximum absolute atomic E-state index is 13.9. The second-order valence-corrected chi connectivity index (χ2v) is 19.2. The van der Waals surface area contributed by atoms with Crippen molar-refractivity contribution >= 4 is 37.2 Å². The summed E-state index contributed by atoms with van der Waals surface area (Å²) in [6.07, 6.45) is -10.9. The lowest BCUT2D eigenvalue weighted by Gasteiger charge is -2.48. The predicted octanol–water partition coefficient (Wildman–Crippen LogP) is 8.04. The van der Waals surface area contributed by atoms with E-state index < -0.39 is 105 Å². The highest BCUT2D eigenvalue weighted by molar-refractivity contribution is 7.57. The Bertz CT molecular complexity index is 2490. The Morgan fingerprint density at radius 1 is 0.433 bits per heavy atom. The van der Waals surface area contributed by atoms with Crippen LogP contribution in [0.1, 0.15) is 65.6 Å². The third kappa shape index (κ3) is 12.7. The van der Waals surface area contributed by atoms with Crippen molar-refractivity contribution in [3.05, 3.63) is 179 Å². The summed E-state index contributed by atoms with van der Waals surface area (Å²) in [5.74, 6) is -5.60. The third-order valence-electron chi connectivity index (χ3n) is 11.2. The van der Waals surface area contributed by atoms with Gasteiger partial charge in [0.1, 0.15) is 24.9 Å². The molecule has 15 nitrogen and oxygen atoms in total. The molecule has 2 saturated heterocycles. The summed E-state index contributed by atoms with van der Waals surface area (Å²) in [5.41, 5.74) is 0.977. The van der Waals surface area contributed by atoms with Gasteiger partial charge in [-0.1, -0.05) is 105 Å². The molecule has 0 aliphatic carbocycles. The van der Waals surface area contributed by atoms with E-state index in [2.05, 4.69) is 0 Å². The number of carbonyl (C=O) groups excluding carboxylic acids is 5. The number of ether oxygens (including phenoxy) is 8. The Morgan fingerprint density at radius 2 is 0.776 bits per heavy atom. The summed E-state index contributed by atoms with van der Waals surface area (Å²) >= 11 is 0. The first-order valence-corrected chi connectivity index (χ1v) is 24.2. The highest BCUT2D eigenvalue weighted by atomic mass is 31.2. The van der Waals surface area contributed by atoms with E-state index in [1.807, 2.05) is 0 Å². The molecule has 10 atom stereocenters. The van der Waals surface area contributed by atoms with Crippen LogP contribution in [0.3, 0.4) is 0 Å². The Morgan fingerprint density at radius 3 is 1.18 bits per heavy atom. The molecule has 0 radical (unpaired) electrons. The van der Waals surface area contributed by atoms with E-state index >= 15 is 0 Å². The van der Waals surface area contributed by atoms with Crippen LogP contribution in [0, 0.1) is 11.8 Å². The molecule has 2 aliphatic heterocycles. The fraction of sp³-hybridized carbons (Fsp3) is 0.314. The molecule has 0 amide bonds. The Kier molecular flexibility index (Phi) is 16.2. The number of benzene rings is 5. The minimum atomic E-state index is -3.10. The van der Waals surface area contributed by atoms with Crippen LogP contribution in [0.15, 0.2) is 152 Å². The molecule has 350 valence electrons. The van der Waals surface area contributed by atoms with E-state index in [4.69, 9.17) is 42.4 Å². The van der Waals surface area contributed by atoms with E-state index in [1.54, 1.807) is 166 Å². The van der Waals surface area contributed by atoms with Crippen molar-refractivity contribution in [2.45, 2.75) is 63.1 Å². The predicted molar refractivity (Wildman–Crippen MR) is 241 cm³/mol. The molecule has 5 unspecified atom stereocenters. The Balaban J connectivity index is 1.28. The van der Waals surface area contributed by atoms with E-state index in [0.29, 0.717) is 0 Å². The number of carbonyl (C=O) groups is 5. The molecule has 2 fully saturated rings. The van der Waals surface area contributed by atoms with Crippen LogP contribution in [-0.4, -0.2) is 106 Å². The highest BCUT2D eigenvalue weighted by Gasteiger charge is 2.54. The zero-order valence-corrected chi connectivity index (χ0v) is 38.1. The smallest absolute Gasteiger partial charge is 0.338 e. The van der Waals surface area contributed by atoms with Crippen molar-refractivity contribution in [2.24, 2.45) is 11.8 Å². The minimum absolute atomic E-state index is 0.170. The van der Waals surface area contributed by atoms with Gasteiger partial charge in [-0.05, 0) is 60.7 Å². The summed E-state index contributed by atoms with van der Waals surface area (Å²) in [5, 5.41) is 0. The number of rotatable bonds is 16. The fourth-order valence-electron chi connectivity index (χ4n) is 7.55. The maximum atomic E-state index is 13.9. The highest BCUT2D eigenvalue weighted by Crippen LogP contribution is 2.41. The van der Waals surface area contributed by atoms with Crippen molar-refractivity contribution in [3.8, 4) is 0 Å². The van der Waals surface area contributed by atoms with Crippen molar-refractivity contribution in [1.29, 1.82) is 0 Å². The maximum Gasteiger partial charge on any atom is 0.338 e. The third-order valence-corrected chi connectivity index (χ3v) is 11.9. The van der Waals surface area contributed by atoms with Gasteiger partial charge in [0, 0.05) is 25.2 Å². The van der Waals surface area contributed by atoms with E-state index in [1.165, 1.54) is 13.3 Å². The first-order chi connectivity index (χ1) is 32.3. The standard InChI is InChI=1S/C51H51O15P/c1-32-39(31-59-67(3,4)57)60-51(44(65-49(56)38-28-18-9-19-29-38)41(32)62-46(53)35-22-12-6-13-23-35)66-50-33(2)42(63-47(54)36-24-14-7-15-25-36)43(64-48(55)37-26-16-8-17-27-37)40(61-50)30-58-45(52)34-20-10-5-11-21-34/h5-29,32-33,39-44,50-51H,30-31H2,1-4H3/t32-,33?,39?,40?,41+,42?,43-,44?,50-,51-/m1/s1. The lowest BCUT2D eigenvalue weighted by atomic mass is 9.89. The summed E-state index contributed by atoms with van der Waals surface area (Å²) in [6, 6.07) is 40.8. The van der Waals surface area contributed by atoms with Gasteiger partial charge >= 0.3 is 29.8 Å². The number of esters is 5.